The quantitative estimate of drug-likeness (QED) is 0.217. The van der Waals surface area contributed by atoms with Crippen molar-refractivity contribution in [1.82, 2.24) is 4.90 Å². The number of quaternary nitrogens is 1. The number of halogens is 1. The molecular weight excluding hydrogens is 515 g/mol. The van der Waals surface area contributed by atoms with Crippen molar-refractivity contribution in [2.75, 3.05) is 20.7 Å². The van der Waals surface area contributed by atoms with E-state index in [9.17, 15) is 4.39 Å². The van der Waals surface area contributed by atoms with Gasteiger partial charge in [-0.15, -0.1) is 0 Å². The highest BCUT2D eigenvalue weighted by Crippen LogP contribution is 2.48. The fourth-order valence-corrected chi connectivity index (χ4v) is 5.56. The van der Waals surface area contributed by atoms with Gasteiger partial charge in [-0.1, -0.05) is 75.4 Å². The van der Waals surface area contributed by atoms with Crippen LogP contribution in [-0.2, 0) is 13.0 Å². The Balaban J connectivity index is 1.67. The third-order valence-electron chi connectivity index (χ3n) is 7.57. The van der Waals surface area contributed by atoms with E-state index in [1.807, 2.05) is 62.5 Å². The van der Waals surface area contributed by atoms with Gasteiger partial charge in [-0.25, -0.2) is 9.04 Å². The number of methoxy groups -OCH3 is 1. The molecule has 0 radical (unpaired) electrons. The fraction of sp³-hybridized carbons (Fsp3) is 0.294. The Labute approximate surface area is 242 Å². The van der Waals surface area contributed by atoms with Gasteiger partial charge in [0.2, 0.25) is 0 Å². The van der Waals surface area contributed by atoms with Crippen LogP contribution in [0.2, 0.25) is 0 Å². The summed E-state index contributed by atoms with van der Waals surface area (Å²) in [5.41, 5.74) is 5.24. The molecule has 2 heterocycles. The predicted octanol–water partition coefficient (Wildman–Crippen LogP) is 7.34. The van der Waals surface area contributed by atoms with Crippen LogP contribution in [0.1, 0.15) is 44.4 Å². The summed E-state index contributed by atoms with van der Waals surface area (Å²) in [6.45, 7) is 9.19. The molecule has 1 unspecified atom stereocenters. The van der Waals surface area contributed by atoms with Gasteiger partial charge in [-0.3, -0.25) is 4.90 Å². The minimum atomic E-state index is -0.883. The Morgan fingerprint density at radius 1 is 0.927 bits per heavy atom. The van der Waals surface area contributed by atoms with Crippen LogP contribution in [0.25, 0.3) is 5.70 Å². The van der Waals surface area contributed by atoms with E-state index in [0.29, 0.717) is 47.1 Å². The van der Waals surface area contributed by atoms with E-state index < -0.39 is 10.1 Å². The smallest absolute Gasteiger partial charge is 0.339 e. The molecule has 0 amide bonds. The van der Waals surface area contributed by atoms with Crippen LogP contribution in [0.3, 0.4) is 0 Å². The lowest BCUT2D eigenvalue weighted by molar-refractivity contribution is -0.666. The lowest BCUT2D eigenvalue weighted by Gasteiger charge is -2.44. The number of nitrogens with zero attached hydrogens (tertiary/aromatic N) is 4. The normalized spacial score (nSPS) is 19.0. The first-order chi connectivity index (χ1) is 19.5. The number of fused-ring (bicyclic) bond motifs is 1. The molecule has 2 aliphatic rings. The molecule has 5 rings (SSSR count). The molecule has 7 heteroatoms. The molecule has 0 fully saturated rings. The van der Waals surface area contributed by atoms with Crippen molar-refractivity contribution in [3.63, 3.8) is 0 Å². The molecule has 41 heavy (non-hydrogen) atoms. The summed E-state index contributed by atoms with van der Waals surface area (Å²) in [7, 11) is 3.63. The van der Waals surface area contributed by atoms with Gasteiger partial charge in [0.25, 0.3) is 0 Å². The maximum Gasteiger partial charge on any atom is 0.339 e. The van der Waals surface area contributed by atoms with Gasteiger partial charge in [0.15, 0.2) is 11.4 Å². The lowest BCUT2D eigenvalue weighted by Crippen LogP contribution is -2.48. The van der Waals surface area contributed by atoms with Crippen molar-refractivity contribution in [3.8, 4) is 5.75 Å². The number of hydrogen-bond donors (Lipinski definition) is 0. The first-order valence-corrected chi connectivity index (χ1v) is 13.9. The molecule has 0 saturated carbocycles. The number of ether oxygens (including phenoxy) is 1. The zero-order chi connectivity index (χ0) is 29.4. The maximum absolute atomic E-state index is 15.5. The van der Waals surface area contributed by atoms with Crippen molar-refractivity contribution in [1.29, 1.82) is 0 Å². The highest BCUT2D eigenvalue weighted by molar-refractivity contribution is 6.14. The largest absolute Gasteiger partial charge is 0.614 e. The van der Waals surface area contributed by atoms with Gasteiger partial charge >= 0.3 is 5.96 Å². The molecular formula is C34H37FN4O2. The summed E-state index contributed by atoms with van der Waals surface area (Å²) in [5, 5.41) is 15.5. The molecule has 0 bridgehead atoms. The van der Waals surface area contributed by atoms with Crippen LogP contribution in [0.15, 0.2) is 106 Å². The van der Waals surface area contributed by atoms with Crippen molar-refractivity contribution < 1.29 is 13.8 Å². The molecule has 0 aromatic heterocycles. The summed E-state index contributed by atoms with van der Waals surface area (Å²) < 4.78 is 19.4. The predicted molar refractivity (Wildman–Crippen MR) is 163 cm³/mol. The molecule has 0 spiro atoms. The zero-order valence-electron chi connectivity index (χ0n) is 24.6. The number of hydrogen-bond acceptors (Lipinski definition) is 5. The fourth-order valence-electron chi connectivity index (χ4n) is 5.56. The summed E-state index contributed by atoms with van der Waals surface area (Å²) in [6, 6.07) is 24.4. The first kappa shape index (κ1) is 28.6. The molecule has 3 aromatic carbocycles. The highest BCUT2D eigenvalue weighted by Gasteiger charge is 2.49. The van der Waals surface area contributed by atoms with E-state index in [-0.39, 0.29) is 18.2 Å². The van der Waals surface area contributed by atoms with Crippen LogP contribution in [0.5, 0.6) is 5.75 Å². The van der Waals surface area contributed by atoms with Crippen molar-refractivity contribution in [3.05, 3.63) is 124 Å². The monoisotopic (exact) mass is 552 g/mol. The van der Waals surface area contributed by atoms with E-state index in [1.165, 1.54) is 6.07 Å². The number of aliphatic imine (C=N–C) groups is 2. The number of rotatable bonds is 8. The average molecular weight is 553 g/mol. The van der Waals surface area contributed by atoms with Crippen molar-refractivity contribution in [2.24, 2.45) is 15.4 Å². The number of hydroxylamine groups is 3. The Morgan fingerprint density at radius 2 is 1.63 bits per heavy atom. The molecule has 3 aromatic rings. The van der Waals surface area contributed by atoms with Gasteiger partial charge in [0, 0.05) is 29.5 Å². The Kier molecular flexibility index (Phi) is 7.79. The van der Waals surface area contributed by atoms with E-state index >= 15 is 5.21 Å². The summed E-state index contributed by atoms with van der Waals surface area (Å²) in [4.78, 5) is 12.0. The molecule has 1 atom stereocenters. The SMILES string of the molecule is COc1cccc(C2=C(C)C(Cc3ccccc3F)=NC3=NC(C(C)(C)C)=C(CN(C)Cc4ccccc4)[N+]32[O-])c1. The standard InChI is InChI=1S/C34H37FN4O2/c1-23-29(20-25-15-10-11-18-28(25)35)36-33-37-32(34(2,3)4)30(22-38(5)21-24-13-8-7-9-14-24)39(33,40)31(23)26-16-12-17-27(19-26)41-6/h7-19H,20-22H2,1-6H3. The third-order valence-corrected chi connectivity index (χ3v) is 7.57. The number of likely N-dealkylation sites (N-methyl/N-ethyl adjacent to an activating group) is 1. The second-order valence-electron chi connectivity index (χ2n) is 11.8. The molecule has 0 N–H and O–H groups in total. The van der Waals surface area contributed by atoms with Gasteiger partial charge in [-0.05, 0) is 49.4 Å². The first-order valence-electron chi connectivity index (χ1n) is 13.9. The van der Waals surface area contributed by atoms with Crippen LogP contribution in [0, 0.1) is 16.4 Å². The second-order valence-corrected chi connectivity index (χ2v) is 11.8. The molecule has 2 aliphatic heterocycles. The van der Waals surface area contributed by atoms with E-state index in [2.05, 4.69) is 37.8 Å². The summed E-state index contributed by atoms with van der Waals surface area (Å²) in [6.07, 6.45) is 0.249. The number of guanidine groups is 1. The van der Waals surface area contributed by atoms with E-state index in [4.69, 9.17) is 14.7 Å². The summed E-state index contributed by atoms with van der Waals surface area (Å²) >= 11 is 0. The van der Waals surface area contributed by atoms with Gasteiger partial charge in [-0.2, -0.15) is 9.98 Å². The minimum absolute atomic E-state index is 0.160. The van der Waals surface area contributed by atoms with Crippen molar-refractivity contribution >= 4 is 17.4 Å². The Hall–Kier alpha value is -3.91. The topological polar surface area (TPSA) is 60.2 Å². The van der Waals surface area contributed by atoms with Crippen LogP contribution in [-0.4, -0.2) is 41.9 Å². The van der Waals surface area contributed by atoms with Crippen LogP contribution < -0.4 is 4.74 Å². The molecule has 6 nitrogen and oxygen atoms in total. The van der Waals surface area contributed by atoms with Gasteiger partial charge < -0.3 is 9.94 Å². The van der Waals surface area contributed by atoms with E-state index in [0.717, 1.165) is 16.8 Å². The zero-order valence-corrected chi connectivity index (χ0v) is 24.6. The second kappa shape index (κ2) is 11.2. The average Bonchev–Trinajstić information content (AvgIpc) is 3.22. The number of benzene rings is 3. The molecule has 0 aliphatic carbocycles. The Morgan fingerprint density at radius 3 is 2.32 bits per heavy atom. The molecule has 212 valence electrons. The van der Waals surface area contributed by atoms with Crippen LogP contribution in [0.4, 0.5) is 4.39 Å². The lowest BCUT2D eigenvalue weighted by atomic mass is 9.90. The van der Waals surface area contributed by atoms with Crippen LogP contribution >= 0.6 is 0 Å². The highest BCUT2D eigenvalue weighted by atomic mass is 19.1. The van der Waals surface area contributed by atoms with E-state index in [1.54, 1.807) is 19.2 Å². The maximum atomic E-state index is 15.5. The Bertz CT molecular complexity index is 1580. The third kappa shape index (κ3) is 5.53. The number of allylic oxidation sites excluding steroid dienone is 2. The minimum Gasteiger partial charge on any atom is -0.614 e. The van der Waals surface area contributed by atoms with Gasteiger partial charge in [0.1, 0.15) is 17.3 Å². The van der Waals surface area contributed by atoms with Gasteiger partial charge in [0.05, 0.1) is 19.4 Å². The molecule has 0 saturated heterocycles. The van der Waals surface area contributed by atoms with Crippen molar-refractivity contribution in [2.45, 2.75) is 40.7 Å². The summed E-state index contributed by atoms with van der Waals surface area (Å²) in [5.74, 6) is 0.505.